The number of hydrogen-bond acceptors (Lipinski definition) is 5. The van der Waals surface area contributed by atoms with Gasteiger partial charge in [-0.25, -0.2) is 0 Å². The first-order valence-electron chi connectivity index (χ1n) is 5.82. The summed E-state index contributed by atoms with van der Waals surface area (Å²) >= 11 is 0.731. The van der Waals surface area contributed by atoms with Gasteiger partial charge in [0.05, 0.1) is 0 Å². The zero-order valence-corrected chi connectivity index (χ0v) is 10.9. The molecule has 0 bridgehead atoms. The Morgan fingerprint density at radius 1 is 1.39 bits per heavy atom. The fourth-order valence-corrected chi connectivity index (χ4v) is 2.23. The number of nitrogens with zero attached hydrogens (tertiary/aromatic N) is 2. The van der Waals surface area contributed by atoms with Crippen LogP contribution < -0.4 is 11.1 Å². The van der Waals surface area contributed by atoms with Crippen molar-refractivity contribution in [2.75, 3.05) is 18.4 Å². The van der Waals surface area contributed by atoms with Crippen LogP contribution in [-0.2, 0) is 6.18 Å². The standard InChI is InChI=1S/C10H17F3N4S/c1-2-3-7(4-5-14)6-15-9-16-8(17-18-9)10(11,12)13/h7H,2-6,14H2,1H3,(H,15,16,17). The molecule has 1 atom stereocenters. The third kappa shape index (κ3) is 4.77. The summed E-state index contributed by atoms with van der Waals surface area (Å²) in [6, 6.07) is 0. The SMILES string of the molecule is CCCC(CCN)CNc1nc(C(F)(F)F)ns1. The first-order valence-corrected chi connectivity index (χ1v) is 6.59. The van der Waals surface area contributed by atoms with E-state index in [1.165, 1.54) is 0 Å². The minimum absolute atomic E-state index is 0.209. The van der Waals surface area contributed by atoms with Crippen LogP contribution in [0.1, 0.15) is 32.0 Å². The number of halogens is 3. The van der Waals surface area contributed by atoms with E-state index in [0.717, 1.165) is 30.8 Å². The van der Waals surface area contributed by atoms with Gasteiger partial charge in [-0.2, -0.15) is 22.5 Å². The van der Waals surface area contributed by atoms with Gasteiger partial charge in [-0.15, -0.1) is 0 Å². The Hall–Kier alpha value is -0.890. The van der Waals surface area contributed by atoms with Crippen molar-refractivity contribution in [2.24, 2.45) is 11.7 Å². The van der Waals surface area contributed by atoms with Crippen molar-refractivity contribution in [3.05, 3.63) is 5.82 Å². The molecule has 8 heteroatoms. The van der Waals surface area contributed by atoms with Crippen molar-refractivity contribution in [1.29, 1.82) is 0 Å². The zero-order valence-electron chi connectivity index (χ0n) is 10.1. The van der Waals surface area contributed by atoms with Gasteiger partial charge in [0.15, 0.2) is 0 Å². The van der Waals surface area contributed by atoms with E-state index in [2.05, 4.69) is 21.6 Å². The highest BCUT2D eigenvalue weighted by atomic mass is 32.1. The van der Waals surface area contributed by atoms with Crippen molar-refractivity contribution >= 4 is 16.7 Å². The smallest absolute Gasteiger partial charge is 0.360 e. The number of anilines is 1. The molecule has 0 saturated heterocycles. The van der Waals surface area contributed by atoms with Crippen molar-refractivity contribution in [1.82, 2.24) is 9.36 Å². The first kappa shape index (κ1) is 15.2. The van der Waals surface area contributed by atoms with E-state index >= 15 is 0 Å². The quantitative estimate of drug-likeness (QED) is 0.807. The number of aromatic nitrogens is 2. The molecule has 0 spiro atoms. The maximum absolute atomic E-state index is 12.3. The zero-order chi connectivity index (χ0) is 13.6. The molecule has 0 radical (unpaired) electrons. The topological polar surface area (TPSA) is 63.8 Å². The Morgan fingerprint density at radius 3 is 2.61 bits per heavy atom. The van der Waals surface area contributed by atoms with Gasteiger partial charge in [0.25, 0.3) is 0 Å². The molecule has 0 aliphatic carbocycles. The molecule has 3 N–H and O–H groups in total. The van der Waals surface area contributed by atoms with Crippen LogP contribution >= 0.6 is 11.5 Å². The Kier molecular flexibility index (Phi) is 5.80. The molecule has 1 heterocycles. The second kappa shape index (κ2) is 6.89. The van der Waals surface area contributed by atoms with E-state index in [0.29, 0.717) is 19.0 Å². The molecule has 0 amide bonds. The molecular weight excluding hydrogens is 265 g/mol. The highest BCUT2D eigenvalue weighted by molar-refractivity contribution is 7.09. The van der Waals surface area contributed by atoms with Gasteiger partial charge in [-0.3, -0.25) is 0 Å². The summed E-state index contributed by atoms with van der Waals surface area (Å²) in [5.74, 6) is -0.723. The molecule has 1 rings (SSSR count). The van der Waals surface area contributed by atoms with Gasteiger partial charge in [-0.1, -0.05) is 13.3 Å². The number of hydrogen-bond donors (Lipinski definition) is 2. The second-order valence-electron chi connectivity index (χ2n) is 4.03. The molecular formula is C10H17F3N4S. The van der Waals surface area contributed by atoms with E-state index in [-0.39, 0.29) is 5.13 Å². The maximum Gasteiger partial charge on any atom is 0.452 e. The molecule has 0 saturated carbocycles. The predicted molar refractivity (Wildman–Crippen MR) is 65.5 cm³/mol. The molecule has 1 aromatic rings. The molecule has 1 unspecified atom stereocenters. The molecule has 0 fully saturated rings. The van der Waals surface area contributed by atoms with E-state index < -0.39 is 12.0 Å². The molecule has 104 valence electrons. The fraction of sp³-hybridized carbons (Fsp3) is 0.800. The van der Waals surface area contributed by atoms with Crippen molar-refractivity contribution < 1.29 is 13.2 Å². The molecule has 0 aliphatic rings. The van der Waals surface area contributed by atoms with Crippen LogP contribution in [0.5, 0.6) is 0 Å². The average Bonchev–Trinajstić information content (AvgIpc) is 2.75. The molecule has 1 aromatic heterocycles. The Bertz CT molecular complexity index is 347. The van der Waals surface area contributed by atoms with Gasteiger partial charge in [0.1, 0.15) is 0 Å². The van der Waals surface area contributed by atoms with Gasteiger partial charge < -0.3 is 11.1 Å². The van der Waals surface area contributed by atoms with Crippen LogP contribution in [0.15, 0.2) is 0 Å². The average molecular weight is 282 g/mol. The summed E-state index contributed by atoms with van der Waals surface area (Å²) < 4.78 is 40.1. The highest BCUT2D eigenvalue weighted by Crippen LogP contribution is 2.29. The van der Waals surface area contributed by atoms with Crippen molar-refractivity contribution in [2.45, 2.75) is 32.4 Å². The molecule has 4 nitrogen and oxygen atoms in total. The van der Waals surface area contributed by atoms with Crippen molar-refractivity contribution in [3.8, 4) is 0 Å². The van der Waals surface area contributed by atoms with E-state index in [9.17, 15) is 13.2 Å². The monoisotopic (exact) mass is 282 g/mol. The van der Waals surface area contributed by atoms with Gasteiger partial charge in [0.2, 0.25) is 11.0 Å². The van der Waals surface area contributed by atoms with Crippen LogP contribution in [-0.4, -0.2) is 22.4 Å². The minimum Gasteiger partial charge on any atom is -0.360 e. The summed E-state index contributed by atoms with van der Waals surface area (Å²) in [7, 11) is 0. The molecule has 18 heavy (non-hydrogen) atoms. The largest absolute Gasteiger partial charge is 0.452 e. The lowest BCUT2D eigenvalue weighted by molar-refractivity contribution is -0.144. The lowest BCUT2D eigenvalue weighted by atomic mass is 10.00. The Labute approximate surface area is 108 Å². The van der Waals surface area contributed by atoms with Crippen molar-refractivity contribution in [3.63, 3.8) is 0 Å². The summed E-state index contributed by atoms with van der Waals surface area (Å²) in [5, 5.41) is 3.10. The van der Waals surface area contributed by atoms with Gasteiger partial charge in [-0.05, 0) is 25.3 Å². The minimum atomic E-state index is -4.48. The van der Waals surface area contributed by atoms with E-state index in [1.54, 1.807) is 0 Å². The Balaban J connectivity index is 2.49. The van der Waals surface area contributed by atoms with Crippen LogP contribution in [0, 0.1) is 5.92 Å². The third-order valence-corrected chi connectivity index (χ3v) is 3.17. The van der Waals surface area contributed by atoms with Crippen LogP contribution in [0.25, 0.3) is 0 Å². The summed E-state index contributed by atoms with van der Waals surface area (Å²) in [6.45, 7) is 3.23. The fourth-order valence-electron chi connectivity index (χ4n) is 1.63. The van der Waals surface area contributed by atoms with E-state index in [1.807, 2.05) is 0 Å². The van der Waals surface area contributed by atoms with Crippen LogP contribution in [0.4, 0.5) is 18.3 Å². The number of alkyl halides is 3. The predicted octanol–water partition coefficient (Wildman–Crippen LogP) is 2.73. The summed E-state index contributed by atoms with van der Waals surface area (Å²) in [4.78, 5) is 3.41. The Morgan fingerprint density at radius 2 is 2.11 bits per heavy atom. The van der Waals surface area contributed by atoms with Gasteiger partial charge >= 0.3 is 6.18 Å². The lowest BCUT2D eigenvalue weighted by Crippen LogP contribution is -2.18. The number of nitrogens with two attached hydrogens (primary N) is 1. The number of nitrogens with one attached hydrogen (secondary N) is 1. The summed E-state index contributed by atoms with van der Waals surface area (Å²) in [5.41, 5.74) is 5.49. The van der Waals surface area contributed by atoms with Crippen LogP contribution in [0.2, 0.25) is 0 Å². The van der Waals surface area contributed by atoms with Gasteiger partial charge in [0, 0.05) is 18.1 Å². The first-order chi connectivity index (χ1) is 8.47. The third-order valence-electron chi connectivity index (χ3n) is 2.49. The maximum atomic E-state index is 12.3. The second-order valence-corrected chi connectivity index (χ2v) is 4.79. The highest BCUT2D eigenvalue weighted by Gasteiger charge is 2.36. The summed E-state index contributed by atoms with van der Waals surface area (Å²) in [6.07, 6.45) is -1.60. The van der Waals surface area contributed by atoms with E-state index in [4.69, 9.17) is 5.73 Å². The normalized spacial score (nSPS) is 13.6. The lowest BCUT2D eigenvalue weighted by Gasteiger charge is -2.14. The number of rotatable bonds is 7. The molecule has 0 aliphatic heterocycles. The molecule has 0 aromatic carbocycles. The van der Waals surface area contributed by atoms with Crippen LogP contribution in [0.3, 0.4) is 0 Å².